The van der Waals surface area contributed by atoms with E-state index in [1.807, 2.05) is 18.2 Å². The molecule has 0 aliphatic carbocycles. The van der Waals surface area contributed by atoms with Crippen LogP contribution in [0.3, 0.4) is 0 Å². The van der Waals surface area contributed by atoms with E-state index >= 15 is 0 Å². The Morgan fingerprint density at radius 2 is 2.00 bits per heavy atom. The molecule has 0 saturated heterocycles. The summed E-state index contributed by atoms with van der Waals surface area (Å²) in [4.78, 5) is 10.5. The fourth-order valence-corrected chi connectivity index (χ4v) is 1.33. The van der Waals surface area contributed by atoms with Gasteiger partial charge in [0.25, 0.3) is 0 Å². The van der Waals surface area contributed by atoms with Crippen molar-refractivity contribution in [1.82, 2.24) is 0 Å². The Kier molecular flexibility index (Phi) is 4.17. The Bertz CT molecular complexity index is 280. The summed E-state index contributed by atoms with van der Waals surface area (Å²) in [5.41, 5.74) is 1.29. The third-order valence-corrected chi connectivity index (χ3v) is 2.22. The van der Waals surface area contributed by atoms with Crippen LogP contribution < -0.4 is 0 Å². The molecule has 0 spiro atoms. The molecule has 0 N–H and O–H groups in total. The number of ether oxygens (including phenoxy) is 1. The standard InChI is InChI=1S/C12H16O2/c1-10(8-9-14-11(2)13)12-6-4-3-5-7-12/h3-7,10H,8-9H2,1-2H3. The summed E-state index contributed by atoms with van der Waals surface area (Å²) in [6.07, 6.45) is 0.879. The second-order valence-corrected chi connectivity index (χ2v) is 3.44. The fourth-order valence-electron chi connectivity index (χ4n) is 1.33. The molecule has 2 nitrogen and oxygen atoms in total. The summed E-state index contributed by atoms with van der Waals surface area (Å²) in [7, 11) is 0. The zero-order valence-electron chi connectivity index (χ0n) is 8.69. The van der Waals surface area contributed by atoms with E-state index in [1.54, 1.807) is 0 Å². The highest BCUT2D eigenvalue weighted by atomic mass is 16.5. The molecule has 0 fully saturated rings. The molecule has 1 aromatic carbocycles. The van der Waals surface area contributed by atoms with Crippen molar-refractivity contribution < 1.29 is 9.53 Å². The van der Waals surface area contributed by atoms with Crippen LogP contribution in [0.15, 0.2) is 30.3 Å². The fraction of sp³-hybridized carbons (Fsp3) is 0.417. The second kappa shape index (κ2) is 5.43. The van der Waals surface area contributed by atoms with Crippen LogP contribution in [0.5, 0.6) is 0 Å². The number of hydrogen-bond donors (Lipinski definition) is 0. The lowest BCUT2D eigenvalue weighted by atomic mass is 9.98. The van der Waals surface area contributed by atoms with Gasteiger partial charge in [0, 0.05) is 6.92 Å². The predicted octanol–water partition coefficient (Wildman–Crippen LogP) is 2.74. The molecule has 14 heavy (non-hydrogen) atoms. The van der Waals surface area contributed by atoms with E-state index in [0.29, 0.717) is 12.5 Å². The third-order valence-electron chi connectivity index (χ3n) is 2.22. The molecule has 0 heterocycles. The molecule has 0 radical (unpaired) electrons. The molecular formula is C12H16O2. The van der Waals surface area contributed by atoms with Gasteiger partial charge in [-0.15, -0.1) is 0 Å². The first-order valence-electron chi connectivity index (χ1n) is 4.88. The largest absolute Gasteiger partial charge is 0.466 e. The van der Waals surface area contributed by atoms with E-state index in [-0.39, 0.29) is 5.97 Å². The molecule has 0 bridgehead atoms. The lowest BCUT2D eigenvalue weighted by Crippen LogP contribution is -2.04. The summed E-state index contributed by atoms with van der Waals surface area (Å²) in [6.45, 7) is 4.08. The number of carbonyl (C=O) groups is 1. The number of carbonyl (C=O) groups excluding carboxylic acids is 1. The lowest BCUT2D eigenvalue weighted by molar-refractivity contribution is -0.141. The quantitative estimate of drug-likeness (QED) is 0.686. The van der Waals surface area contributed by atoms with E-state index < -0.39 is 0 Å². The van der Waals surface area contributed by atoms with Gasteiger partial charge in [-0.2, -0.15) is 0 Å². The van der Waals surface area contributed by atoms with Crippen molar-refractivity contribution in [1.29, 1.82) is 0 Å². The van der Waals surface area contributed by atoms with E-state index in [2.05, 4.69) is 19.1 Å². The summed E-state index contributed by atoms with van der Waals surface area (Å²) < 4.78 is 4.90. The van der Waals surface area contributed by atoms with E-state index in [1.165, 1.54) is 12.5 Å². The van der Waals surface area contributed by atoms with Crippen LogP contribution in [0.25, 0.3) is 0 Å². The highest BCUT2D eigenvalue weighted by Gasteiger charge is 2.04. The van der Waals surface area contributed by atoms with Gasteiger partial charge in [-0.05, 0) is 17.9 Å². The SMILES string of the molecule is CC(=O)OCCC(C)c1ccccc1. The molecule has 0 aliphatic heterocycles. The molecule has 0 aliphatic rings. The molecule has 0 aromatic heterocycles. The zero-order chi connectivity index (χ0) is 10.4. The molecule has 1 aromatic rings. The first kappa shape index (κ1) is 10.8. The van der Waals surface area contributed by atoms with Gasteiger partial charge in [0.15, 0.2) is 0 Å². The first-order chi connectivity index (χ1) is 6.70. The highest BCUT2D eigenvalue weighted by Crippen LogP contribution is 2.17. The number of benzene rings is 1. The van der Waals surface area contributed by atoms with E-state index in [4.69, 9.17) is 4.74 Å². The maximum absolute atomic E-state index is 10.5. The number of hydrogen-bond acceptors (Lipinski definition) is 2. The molecule has 1 atom stereocenters. The van der Waals surface area contributed by atoms with Crippen LogP contribution in [-0.2, 0) is 9.53 Å². The second-order valence-electron chi connectivity index (χ2n) is 3.44. The van der Waals surface area contributed by atoms with Gasteiger partial charge < -0.3 is 4.74 Å². The van der Waals surface area contributed by atoms with Gasteiger partial charge in [0.05, 0.1) is 6.61 Å². The maximum Gasteiger partial charge on any atom is 0.302 e. The van der Waals surface area contributed by atoms with Gasteiger partial charge >= 0.3 is 5.97 Å². The Labute approximate surface area is 84.9 Å². The van der Waals surface area contributed by atoms with Crippen LogP contribution in [-0.4, -0.2) is 12.6 Å². The normalized spacial score (nSPS) is 12.1. The first-order valence-corrected chi connectivity index (χ1v) is 4.88. The predicted molar refractivity (Wildman–Crippen MR) is 56.1 cm³/mol. The van der Waals surface area contributed by atoms with Crippen LogP contribution in [0, 0.1) is 0 Å². The molecule has 0 amide bonds. The summed E-state index contributed by atoms with van der Waals surface area (Å²) in [5, 5.41) is 0. The van der Waals surface area contributed by atoms with E-state index in [0.717, 1.165) is 6.42 Å². The minimum Gasteiger partial charge on any atom is -0.466 e. The van der Waals surface area contributed by atoms with Crippen molar-refractivity contribution in [2.75, 3.05) is 6.61 Å². The average Bonchev–Trinajstić information content (AvgIpc) is 2.18. The van der Waals surface area contributed by atoms with Crippen molar-refractivity contribution in [2.45, 2.75) is 26.2 Å². The maximum atomic E-state index is 10.5. The summed E-state index contributed by atoms with van der Waals surface area (Å²) >= 11 is 0. The van der Waals surface area contributed by atoms with Crippen LogP contribution in [0.2, 0.25) is 0 Å². The van der Waals surface area contributed by atoms with Gasteiger partial charge in [-0.1, -0.05) is 37.3 Å². The minimum absolute atomic E-state index is 0.203. The Morgan fingerprint density at radius 3 is 2.57 bits per heavy atom. The topological polar surface area (TPSA) is 26.3 Å². The van der Waals surface area contributed by atoms with Crippen molar-refractivity contribution in [3.05, 3.63) is 35.9 Å². The summed E-state index contributed by atoms with van der Waals surface area (Å²) in [6, 6.07) is 10.2. The van der Waals surface area contributed by atoms with E-state index in [9.17, 15) is 4.79 Å². The third kappa shape index (κ3) is 3.60. The molecular weight excluding hydrogens is 176 g/mol. The Balaban J connectivity index is 2.36. The van der Waals surface area contributed by atoms with Crippen molar-refractivity contribution in [3.63, 3.8) is 0 Å². The minimum atomic E-state index is -0.203. The van der Waals surface area contributed by atoms with Crippen LogP contribution >= 0.6 is 0 Å². The van der Waals surface area contributed by atoms with Crippen molar-refractivity contribution in [2.24, 2.45) is 0 Å². The summed E-state index contributed by atoms with van der Waals surface area (Å²) in [5.74, 6) is 0.237. The molecule has 1 rings (SSSR count). The number of rotatable bonds is 4. The van der Waals surface area contributed by atoms with Crippen LogP contribution in [0.4, 0.5) is 0 Å². The van der Waals surface area contributed by atoms with Gasteiger partial charge in [-0.25, -0.2) is 0 Å². The monoisotopic (exact) mass is 192 g/mol. The molecule has 76 valence electrons. The Hall–Kier alpha value is -1.31. The number of esters is 1. The molecule has 0 saturated carbocycles. The molecule has 1 unspecified atom stereocenters. The van der Waals surface area contributed by atoms with Crippen molar-refractivity contribution in [3.8, 4) is 0 Å². The van der Waals surface area contributed by atoms with Gasteiger partial charge in [-0.3, -0.25) is 4.79 Å². The van der Waals surface area contributed by atoms with Crippen LogP contribution in [0.1, 0.15) is 31.7 Å². The highest BCUT2D eigenvalue weighted by molar-refractivity contribution is 5.65. The van der Waals surface area contributed by atoms with Gasteiger partial charge in [0.2, 0.25) is 0 Å². The zero-order valence-corrected chi connectivity index (χ0v) is 8.69. The van der Waals surface area contributed by atoms with Gasteiger partial charge in [0.1, 0.15) is 0 Å². The average molecular weight is 192 g/mol. The molecule has 2 heteroatoms. The van der Waals surface area contributed by atoms with Crippen molar-refractivity contribution >= 4 is 5.97 Å². The Morgan fingerprint density at radius 1 is 1.36 bits per heavy atom. The smallest absolute Gasteiger partial charge is 0.302 e. The lowest BCUT2D eigenvalue weighted by Gasteiger charge is -2.11.